The third-order valence-corrected chi connectivity index (χ3v) is 4.02. The fraction of sp³-hybridized carbons (Fsp3) is 0. The van der Waals surface area contributed by atoms with E-state index in [-0.39, 0.29) is 36.8 Å². The van der Waals surface area contributed by atoms with E-state index in [1.165, 1.54) is 24.3 Å². The summed E-state index contributed by atoms with van der Waals surface area (Å²) in [6.45, 7) is 0. The summed E-state index contributed by atoms with van der Waals surface area (Å²) < 4.78 is 72.9. The van der Waals surface area contributed by atoms with Crippen LogP contribution in [0.2, 0.25) is 0 Å². The Bertz CT molecular complexity index is 536. The lowest BCUT2D eigenvalue weighted by atomic mass is 10.3. The highest BCUT2D eigenvalue weighted by Crippen LogP contribution is 2.01. The summed E-state index contributed by atoms with van der Waals surface area (Å²) in [6, 6.07) is 7.10. The molecule has 0 fully saturated rings. The van der Waals surface area contributed by atoms with Crippen LogP contribution in [0.4, 0.5) is 23.5 Å². The van der Waals surface area contributed by atoms with Crippen LogP contribution in [0.5, 0.6) is 0 Å². The molecular weight excluding hydrogens is 422 g/mol. The van der Waals surface area contributed by atoms with Gasteiger partial charge in [0.05, 0.1) is 0 Å². The van der Waals surface area contributed by atoms with Gasteiger partial charge in [0.1, 0.15) is 11.6 Å². The van der Waals surface area contributed by atoms with E-state index in [1.54, 1.807) is 0 Å². The number of hydrogen-bond acceptors (Lipinski definition) is 0. The van der Waals surface area contributed by atoms with Crippen molar-refractivity contribution in [2.45, 2.75) is 0 Å². The van der Waals surface area contributed by atoms with Crippen molar-refractivity contribution in [1.29, 1.82) is 0 Å². The molecule has 0 spiro atoms. The predicted octanol–water partition coefficient (Wildman–Crippen LogP) is 3.36. The van der Waals surface area contributed by atoms with Crippen molar-refractivity contribution in [3.63, 3.8) is 0 Å². The number of hydrogen-bond donors (Lipinski definition) is 0. The van der Waals surface area contributed by atoms with Gasteiger partial charge >= 0.3 is 41.8 Å². The minimum absolute atomic E-state index is 0. The van der Waals surface area contributed by atoms with Crippen molar-refractivity contribution in [3.05, 3.63) is 59.7 Å². The van der Waals surface area contributed by atoms with Crippen molar-refractivity contribution in [3.8, 4) is 0 Å². The molecule has 0 bridgehead atoms. The predicted molar refractivity (Wildman–Crippen MR) is 83.3 cm³/mol. The van der Waals surface area contributed by atoms with E-state index in [1.807, 2.05) is 0 Å². The average molecular weight is 430 g/mol. The third-order valence-electron chi connectivity index (χ3n) is 2.35. The molecule has 0 aliphatic carbocycles. The summed E-state index contributed by atoms with van der Waals surface area (Å²) in [4.78, 5) is 0. The van der Waals surface area contributed by atoms with Gasteiger partial charge in [0.2, 0.25) is 0 Å². The van der Waals surface area contributed by atoms with Crippen LogP contribution in [0.25, 0.3) is 0 Å². The van der Waals surface area contributed by atoms with Crippen molar-refractivity contribution < 1.29 is 23.5 Å². The van der Waals surface area contributed by atoms with Gasteiger partial charge < -0.3 is 5.91 Å². The zero-order chi connectivity index (χ0) is 15.1. The first kappa shape index (κ1) is 24.6. The van der Waals surface area contributed by atoms with Gasteiger partial charge in [-0.1, -0.05) is 31.7 Å². The van der Waals surface area contributed by atoms with Crippen LogP contribution < -0.4 is 7.39 Å². The largest absolute Gasteiger partial charge is 0.655 e. The second kappa shape index (κ2) is 12.7. The lowest BCUT2D eigenvalue weighted by molar-refractivity contribution is 0.513. The van der Waals surface area contributed by atoms with Crippen molar-refractivity contribution in [2.24, 2.45) is 0 Å². The van der Waals surface area contributed by atoms with Gasteiger partial charge in [-0.15, -0.1) is 29.4 Å². The van der Waals surface area contributed by atoms with Crippen molar-refractivity contribution in [2.75, 3.05) is 0 Å². The first-order valence-corrected chi connectivity index (χ1v) is 7.97. The minimum Gasteiger partial charge on any atom is -0.475 e. The lowest BCUT2D eigenvalue weighted by Crippen LogP contribution is -2.15. The highest BCUT2D eigenvalue weighted by Gasteiger charge is 2.10. The third kappa shape index (κ3) is 7.26. The summed E-state index contributed by atoms with van der Waals surface area (Å²) in [6.07, 6.45) is 0. The highest BCUT2D eigenvalue weighted by atomic mass is 79.9. The summed E-state index contributed by atoms with van der Waals surface area (Å²) in [5.41, 5.74) is 0. The van der Waals surface area contributed by atoms with Crippen LogP contribution in [0, 0.1) is 23.3 Å². The maximum absolute atomic E-state index is 12.4. The van der Waals surface area contributed by atoms with E-state index in [2.05, 4.69) is 0 Å². The normalized spacial score (nSPS) is 8.27. The smallest absolute Gasteiger partial charge is 0.475 e. The number of rotatable bonds is 2. The molecule has 10 heteroatoms. The van der Waals surface area contributed by atoms with Gasteiger partial charge in [-0.05, 0) is 12.1 Å². The van der Waals surface area contributed by atoms with Gasteiger partial charge in [-0.25, -0.2) is 17.6 Å². The van der Waals surface area contributed by atoms with Crippen molar-refractivity contribution in [1.82, 2.24) is 0 Å². The molecule has 2 aromatic carbocycles. The molecule has 0 atom stereocenters. The Morgan fingerprint density at radius 2 is 0.955 bits per heavy atom. The van der Waals surface area contributed by atoms with Gasteiger partial charge in [0.15, 0.2) is 11.6 Å². The molecule has 0 saturated heterocycles. The monoisotopic (exact) mass is 428 g/mol. The van der Waals surface area contributed by atoms with Gasteiger partial charge in [-0.2, -0.15) is 0 Å². The summed E-state index contributed by atoms with van der Waals surface area (Å²) >= 11 is -4.15. The molecular formula is C12H8BrClF6Mg2. The summed E-state index contributed by atoms with van der Waals surface area (Å²) in [5, 5.41) is 0. The molecule has 0 aromatic heterocycles. The van der Waals surface area contributed by atoms with Crippen LogP contribution in [0.15, 0.2) is 36.4 Å². The highest BCUT2D eigenvalue weighted by molar-refractivity contribution is 8.93. The summed E-state index contributed by atoms with van der Waals surface area (Å²) in [7, 11) is 0. The number of halogens is 8. The Hall–Kier alpha value is 0.322. The Labute approximate surface area is 160 Å². The molecule has 0 nitrogen and oxygen atoms in total. The topological polar surface area (TPSA) is 0 Å². The molecule has 0 amide bonds. The molecule has 0 saturated carbocycles. The molecule has 0 heterocycles. The Balaban J connectivity index is 0. The first-order valence-electron chi connectivity index (χ1n) is 5.49. The lowest BCUT2D eigenvalue weighted by Gasteiger charge is -1.95. The van der Waals surface area contributed by atoms with Crippen LogP contribution in [0.3, 0.4) is 0 Å². The maximum atomic E-state index is 12.4. The Kier molecular flexibility index (Phi) is 14.2. The molecule has 2 aromatic rings. The van der Waals surface area contributed by atoms with Crippen LogP contribution >= 0.6 is 29.4 Å². The molecule has 2 rings (SSSR count). The quantitative estimate of drug-likeness (QED) is 0.507. The molecule has 22 heavy (non-hydrogen) atoms. The van der Waals surface area contributed by atoms with Crippen LogP contribution in [0.1, 0.15) is 0 Å². The average Bonchev–Trinajstić information content (AvgIpc) is 2.45. The minimum atomic E-state index is -2.07. The van der Waals surface area contributed by atoms with Crippen LogP contribution in [-0.4, -0.2) is 41.8 Å². The second-order valence-electron chi connectivity index (χ2n) is 3.69. The fourth-order valence-corrected chi connectivity index (χ4v) is 2.33. The molecule has 0 radical (unpaired) electrons. The Morgan fingerprint density at radius 3 is 1.18 bits per heavy atom. The molecule has 0 unspecified atom stereocenters. The van der Waals surface area contributed by atoms with Gasteiger partial charge in [0, 0.05) is 0 Å². The standard InChI is InChI=1S/2C6H3F2.BrH.ClH.2FH.2Mg/c2*7-5-3-1-2-4-6(5)8;;;;;;/h2*1-3H;4*1H;;/q;;;;;;2*+1/p-2. The fourth-order valence-electron chi connectivity index (χ4n) is 1.30. The molecule has 0 aliphatic heterocycles. The maximum Gasteiger partial charge on any atom is 0.655 e. The van der Waals surface area contributed by atoms with E-state index < -0.39 is 65.1 Å². The number of benzene rings is 2. The van der Waals surface area contributed by atoms with E-state index in [9.17, 15) is 23.5 Å². The van der Waals surface area contributed by atoms with E-state index in [4.69, 9.17) is 0 Å². The zero-order valence-electron chi connectivity index (χ0n) is 11.0. The van der Waals surface area contributed by atoms with Gasteiger partial charge in [0.25, 0.3) is 0 Å². The SMILES string of the molecule is Br.Cl.[F][Mg][c]1cccc(F)c1F.[F][Mg][c]1cccc(F)c1F. The van der Waals surface area contributed by atoms with E-state index in [0.29, 0.717) is 0 Å². The molecule has 0 aliphatic rings. The van der Waals surface area contributed by atoms with Gasteiger partial charge in [-0.3, -0.25) is 0 Å². The van der Waals surface area contributed by atoms with E-state index >= 15 is 0 Å². The molecule has 116 valence electrons. The van der Waals surface area contributed by atoms with E-state index in [0.717, 1.165) is 12.1 Å². The summed E-state index contributed by atoms with van der Waals surface area (Å²) in [5.74, 6) is -4.00. The Morgan fingerprint density at radius 1 is 0.636 bits per heavy atom. The van der Waals surface area contributed by atoms with Crippen molar-refractivity contribution >= 4 is 78.6 Å². The first-order chi connectivity index (χ1) is 9.51. The second-order valence-corrected chi connectivity index (χ2v) is 5.75. The van der Waals surface area contributed by atoms with Crippen LogP contribution in [-0.2, 0) is 0 Å². The zero-order valence-corrected chi connectivity index (χ0v) is 16.3. The molecule has 0 N–H and O–H groups in total.